The zero-order chi connectivity index (χ0) is 31.4. The molecule has 5 rings (SSSR count). The van der Waals surface area contributed by atoms with E-state index >= 15 is 0 Å². The molecule has 1 heterocycles. The number of methoxy groups -OCH3 is 2. The van der Waals surface area contributed by atoms with Crippen LogP contribution in [0.2, 0.25) is 0 Å². The highest BCUT2D eigenvalue weighted by atomic mass is 19.1. The Kier molecular flexibility index (Phi) is 9.49. The molecular weight excluding hydrogens is 559 g/mol. The number of nitrogens with zero attached hydrogens (tertiary/aromatic N) is 1. The van der Waals surface area contributed by atoms with E-state index in [4.69, 9.17) is 9.47 Å². The quantitative estimate of drug-likeness (QED) is 0.213. The van der Waals surface area contributed by atoms with Crippen LogP contribution in [0, 0.1) is 18.7 Å². The van der Waals surface area contributed by atoms with Crippen molar-refractivity contribution in [3.8, 4) is 22.6 Å². The van der Waals surface area contributed by atoms with E-state index in [2.05, 4.69) is 23.2 Å². The van der Waals surface area contributed by atoms with E-state index in [0.29, 0.717) is 17.2 Å². The average Bonchev–Trinajstić information content (AvgIpc) is 3.00. The number of piperidine rings is 1. The fraction of sp³-hybridized carbons (Fsp3) is 0.333. The Balaban J connectivity index is 1.53. The molecule has 1 saturated heterocycles. The molecule has 2 N–H and O–H groups in total. The van der Waals surface area contributed by atoms with Gasteiger partial charge in [0.2, 0.25) is 0 Å². The number of amides is 1. The molecule has 4 aromatic rings. The predicted molar refractivity (Wildman–Crippen MR) is 170 cm³/mol. The summed E-state index contributed by atoms with van der Waals surface area (Å²) in [5.41, 5.74) is 3.81. The standard InChI is InChI=1S/C36H39FN2O5/c1-22-9-8-18-39(20-22)21-25-16-17-31(43-3)33(34(25)44-4)28-14-7-12-26-24(11-6-13-27(26)28)19-30(36(41)42)38-35(40)32-23(2)10-5-15-29(32)37/h5-7,10-17,22,30H,8-9,18-21H2,1-4H3,(H,38,40)(H,41,42)/t22?,30-/m0/s1. The third kappa shape index (κ3) is 6.40. The summed E-state index contributed by atoms with van der Waals surface area (Å²) in [6, 6.07) is 18.7. The molecule has 7 nitrogen and oxygen atoms in total. The molecule has 0 radical (unpaired) electrons. The summed E-state index contributed by atoms with van der Waals surface area (Å²) in [5, 5.41) is 14.3. The van der Waals surface area contributed by atoms with E-state index in [9.17, 15) is 19.1 Å². The Labute approximate surface area is 257 Å². The summed E-state index contributed by atoms with van der Waals surface area (Å²) in [6.45, 7) is 6.76. The summed E-state index contributed by atoms with van der Waals surface area (Å²) in [4.78, 5) is 27.8. The molecule has 2 atom stereocenters. The number of fused-ring (bicyclic) bond motifs is 1. The number of hydrogen-bond donors (Lipinski definition) is 2. The predicted octanol–water partition coefficient (Wildman–Crippen LogP) is 6.63. The fourth-order valence-corrected chi connectivity index (χ4v) is 6.40. The van der Waals surface area contributed by atoms with Crippen molar-refractivity contribution >= 4 is 22.6 Å². The van der Waals surface area contributed by atoms with E-state index < -0.39 is 23.7 Å². The second-order valence-corrected chi connectivity index (χ2v) is 11.6. The van der Waals surface area contributed by atoms with Crippen molar-refractivity contribution in [2.45, 2.75) is 45.7 Å². The van der Waals surface area contributed by atoms with E-state index in [0.717, 1.165) is 58.4 Å². The first-order valence-electron chi connectivity index (χ1n) is 15.0. The highest BCUT2D eigenvalue weighted by Crippen LogP contribution is 2.44. The third-order valence-corrected chi connectivity index (χ3v) is 8.52. The summed E-state index contributed by atoms with van der Waals surface area (Å²) < 4.78 is 26.4. The topological polar surface area (TPSA) is 88.1 Å². The fourth-order valence-electron chi connectivity index (χ4n) is 6.40. The molecule has 0 aromatic heterocycles. The van der Waals surface area contributed by atoms with Gasteiger partial charge in [-0.1, -0.05) is 61.5 Å². The first kappa shape index (κ1) is 31.0. The molecule has 230 valence electrons. The summed E-state index contributed by atoms with van der Waals surface area (Å²) in [5.74, 6) is -0.588. The van der Waals surface area contributed by atoms with Crippen LogP contribution in [0.3, 0.4) is 0 Å². The Bertz CT molecular complexity index is 1670. The van der Waals surface area contributed by atoms with Crippen LogP contribution in [-0.2, 0) is 17.8 Å². The first-order chi connectivity index (χ1) is 21.2. The van der Waals surface area contributed by atoms with Gasteiger partial charge in [0.25, 0.3) is 5.91 Å². The van der Waals surface area contributed by atoms with Crippen LogP contribution in [0.25, 0.3) is 21.9 Å². The van der Waals surface area contributed by atoms with Crippen molar-refractivity contribution in [1.82, 2.24) is 10.2 Å². The Morgan fingerprint density at radius 3 is 2.45 bits per heavy atom. The van der Waals surface area contributed by atoms with Crippen LogP contribution in [-0.4, -0.2) is 55.2 Å². The number of hydrogen-bond acceptors (Lipinski definition) is 5. The third-order valence-electron chi connectivity index (χ3n) is 8.52. The molecule has 0 saturated carbocycles. The summed E-state index contributed by atoms with van der Waals surface area (Å²) in [7, 11) is 3.31. The maximum absolute atomic E-state index is 14.5. The van der Waals surface area contributed by atoms with Crippen molar-refractivity contribution in [1.29, 1.82) is 0 Å². The van der Waals surface area contributed by atoms with Crippen LogP contribution in [0.1, 0.15) is 46.8 Å². The maximum Gasteiger partial charge on any atom is 0.326 e. The van der Waals surface area contributed by atoms with Crippen LogP contribution >= 0.6 is 0 Å². The Morgan fingerprint density at radius 2 is 1.75 bits per heavy atom. The zero-order valence-corrected chi connectivity index (χ0v) is 25.7. The van der Waals surface area contributed by atoms with E-state index in [1.54, 1.807) is 27.2 Å². The molecule has 0 spiro atoms. The highest BCUT2D eigenvalue weighted by molar-refractivity contribution is 6.02. The summed E-state index contributed by atoms with van der Waals surface area (Å²) >= 11 is 0. The van der Waals surface area contributed by atoms with E-state index in [1.165, 1.54) is 25.0 Å². The number of likely N-dealkylation sites (tertiary alicyclic amines) is 1. The molecule has 1 fully saturated rings. The van der Waals surface area contributed by atoms with E-state index in [1.807, 2.05) is 42.5 Å². The SMILES string of the molecule is COc1ccc(CN2CCCC(C)C2)c(OC)c1-c1cccc2c(C[C@H](NC(=O)c3c(C)cccc3F)C(=O)O)cccc12. The molecule has 0 aliphatic carbocycles. The number of nitrogens with one attached hydrogen (secondary N) is 1. The maximum atomic E-state index is 14.5. The summed E-state index contributed by atoms with van der Waals surface area (Å²) in [6.07, 6.45) is 2.43. The lowest BCUT2D eigenvalue weighted by Crippen LogP contribution is -2.42. The van der Waals surface area contributed by atoms with Gasteiger partial charge < -0.3 is 19.9 Å². The lowest BCUT2D eigenvalue weighted by atomic mass is 9.91. The van der Waals surface area contributed by atoms with Crippen molar-refractivity contribution in [2.24, 2.45) is 5.92 Å². The average molecular weight is 599 g/mol. The molecule has 1 amide bonds. The lowest BCUT2D eigenvalue weighted by Gasteiger charge is -2.31. The van der Waals surface area contributed by atoms with Gasteiger partial charge in [0.1, 0.15) is 23.4 Å². The molecule has 4 aromatic carbocycles. The number of aryl methyl sites for hydroxylation is 1. The van der Waals surface area contributed by atoms with Crippen molar-refractivity contribution in [3.63, 3.8) is 0 Å². The number of carbonyl (C=O) groups is 2. The second kappa shape index (κ2) is 13.5. The molecular formula is C36H39FN2O5. The van der Waals surface area contributed by atoms with Gasteiger partial charge in [0, 0.05) is 25.1 Å². The van der Waals surface area contributed by atoms with Gasteiger partial charge in [0.15, 0.2) is 0 Å². The minimum absolute atomic E-state index is 0.0107. The number of carboxylic acids is 1. The Morgan fingerprint density at radius 1 is 1.00 bits per heavy atom. The van der Waals surface area contributed by atoms with Crippen molar-refractivity contribution in [3.05, 3.63) is 94.8 Å². The monoisotopic (exact) mass is 598 g/mol. The van der Waals surface area contributed by atoms with Crippen molar-refractivity contribution < 1.29 is 28.6 Å². The molecule has 1 unspecified atom stereocenters. The molecule has 1 aliphatic heterocycles. The van der Waals surface area contributed by atoms with Gasteiger partial charge in [0.05, 0.1) is 25.3 Å². The van der Waals surface area contributed by atoms with Gasteiger partial charge in [-0.2, -0.15) is 0 Å². The van der Waals surface area contributed by atoms with E-state index in [-0.39, 0.29) is 12.0 Å². The number of carboxylic acid groups (broad SMARTS) is 1. The van der Waals surface area contributed by atoms with Gasteiger partial charge in [-0.15, -0.1) is 0 Å². The van der Waals surface area contributed by atoms with Gasteiger partial charge in [-0.05, 0) is 71.8 Å². The number of halogens is 1. The molecule has 44 heavy (non-hydrogen) atoms. The second-order valence-electron chi connectivity index (χ2n) is 11.6. The minimum Gasteiger partial charge on any atom is -0.496 e. The number of benzene rings is 4. The van der Waals surface area contributed by atoms with Crippen LogP contribution in [0.4, 0.5) is 4.39 Å². The zero-order valence-electron chi connectivity index (χ0n) is 25.7. The van der Waals surface area contributed by atoms with Gasteiger partial charge in [-0.25, -0.2) is 9.18 Å². The van der Waals surface area contributed by atoms with Crippen LogP contribution in [0.15, 0.2) is 66.7 Å². The smallest absolute Gasteiger partial charge is 0.326 e. The molecule has 0 bridgehead atoms. The van der Waals surface area contributed by atoms with Crippen LogP contribution < -0.4 is 14.8 Å². The largest absolute Gasteiger partial charge is 0.496 e. The normalized spacial score (nSPS) is 16.0. The minimum atomic E-state index is -1.27. The molecule has 8 heteroatoms. The van der Waals surface area contributed by atoms with Gasteiger partial charge >= 0.3 is 5.97 Å². The first-order valence-corrected chi connectivity index (χ1v) is 15.0. The number of ether oxygens (including phenoxy) is 2. The number of carbonyl (C=O) groups excluding carboxylic acids is 1. The van der Waals surface area contributed by atoms with Crippen LogP contribution in [0.5, 0.6) is 11.5 Å². The number of rotatable bonds is 10. The lowest BCUT2D eigenvalue weighted by molar-refractivity contribution is -0.139. The van der Waals surface area contributed by atoms with Gasteiger partial charge in [-0.3, -0.25) is 9.69 Å². The highest BCUT2D eigenvalue weighted by Gasteiger charge is 2.26. The Hall–Kier alpha value is -4.43. The van der Waals surface area contributed by atoms with Crippen molar-refractivity contribution in [2.75, 3.05) is 27.3 Å². The molecule has 1 aliphatic rings. The number of aliphatic carboxylic acids is 1.